The van der Waals surface area contributed by atoms with Crippen LogP contribution in [0, 0.1) is 0 Å². The summed E-state index contributed by atoms with van der Waals surface area (Å²) < 4.78 is 14.3. The average Bonchev–Trinajstić information content (AvgIpc) is 2.53. The molecule has 1 amide bonds. The molecule has 1 N–H and O–H groups in total. The van der Waals surface area contributed by atoms with Gasteiger partial charge in [0.2, 0.25) is 5.91 Å². The third kappa shape index (κ3) is 5.17. The normalized spacial score (nSPS) is 9.95. The molecule has 0 heterocycles. The van der Waals surface area contributed by atoms with Crippen LogP contribution in [-0.4, -0.2) is 45.3 Å². The van der Waals surface area contributed by atoms with Crippen LogP contribution in [0.1, 0.15) is 34.1 Å². The van der Waals surface area contributed by atoms with Crippen LogP contribution in [0.25, 0.3) is 0 Å². The number of benzene rings is 1. The fourth-order valence-electron chi connectivity index (χ4n) is 1.70. The minimum absolute atomic E-state index is 0.144. The summed E-state index contributed by atoms with van der Waals surface area (Å²) in [6.07, 6.45) is 0.170. The summed E-state index contributed by atoms with van der Waals surface area (Å²) in [4.78, 5) is 35.0. The van der Waals surface area contributed by atoms with Crippen LogP contribution in [0.3, 0.4) is 0 Å². The number of esters is 2. The Labute approximate surface area is 128 Å². The monoisotopic (exact) mass is 309 g/mol. The number of hydrogen-bond donors (Lipinski definition) is 1. The van der Waals surface area contributed by atoms with Crippen LogP contribution in [0.2, 0.25) is 0 Å². The molecule has 1 rings (SSSR count). The number of carbonyl (C=O) groups is 3. The van der Waals surface area contributed by atoms with Gasteiger partial charge in [-0.15, -0.1) is 0 Å². The molecule has 0 aliphatic heterocycles. The predicted octanol–water partition coefficient (Wildman–Crippen LogP) is 1.62. The standard InChI is InChI=1S/C15H19NO6/c1-4-22-6-5-13(17)16-12-8-10(14(18)20-2)7-11(9-12)15(19)21-3/h7-9H,4-6H2,1-3H3,(H,16,17). The lowest BCUT2D eigenvalue weighted by Gasteiger charge is -2.09. The molecule has 0 radical (unpaired) electrons. The molecule has 0 aliphatic carbocycles. The van der Waals surface area contributed by atoms with E-state index in [1.165, 1.54) is 32.4 Å². The third-order valence-corrected chi connectivity index (χ3v) is 2.74. The van der Waals surface area contributed by atoms with Gasteiger partial charge in [0.15, 0.2) is 0 Å². The Morgan fingerprint density at radius 2 is 1.55 bits per heavy atom. The van der Waals surface area contributed by atoms with Crippen LogP contribution < -0.4 is 5.32 Å². The van der Waals surface area contributed by atoms with Crippen LogP contribution in [-0.2, 0) is 19.0 Å². The van der Waals surface area contributed by atoms with Gasteiger partial charge in [0.25, 0.3) is 0 Å². The first-order valence-corrected chi connectivity index (χ1v) is 6.71. The summed E-state index contributed by atoms with van der Waals surface area (Å²) in [6, 6.07) is 4.20. The van der Waals surface area contributed by atoms with Crippen LogP contribution in [0.4, 0.5) is 5.69 Å². The van der Waals surface area contributed by atoms with Crippen molar-refractivity contribution < 1.29 is 28.6 Å². The Hall–Kier alpha value is -2.41. The van der Waals surface area contributed by atoms with Gasteiger partial charge >= 0.3 is 11.9 Å². The fraction of sp³-hybridized carbons (Fsp3) is 0.400. The molecule has 0 fully saturated rings. The highest BCUT2D eigenvalue weighted by Crippen LogP contribution is 2.17. The third-order valence-electron chi connectivity index (χ3n) is 2.74. The first-order valence-electron chi connectivity index (χ1n) is 6.71. The summed E-state index contributed by atoms with van der Waals surface area (Å²) in [5, 5.41) is 2.61. The van der Waals surface area contributed by atoms with E-state index in [2.05, 4.69) is 14.8 Å². The van der Waals surface area contributed by atoms with Crippen LogP contribution in [0.5, 0.6) is 0 Å². The summed E-state index contributed by atoms with van der Waals surface area (Å²) >= 11 is 0. The number of hydrogen-bond acceptors (Lipinski definition) is 6. The first kappa shape index (κ1) is 17.6. The van der Waals surface area contributed by atoms with E-state index in [1.54, 1.807) is 0 Å². The van der Waals surface area contributed by atoms with Crippen molar-refractivity contribution >= 4 is 23.5 Å². The number of anilines is 1. The molecular formula is C15H19NO6. The van der Waals surface area contributed by atoms with Gasteiger partial charge in [-0.2, -0.15) is 0 Å². The molecule has 1 aromatic rings. The van der Waals surface area contributed by atoms with E-state index in [4.69, 9.17) is 4.74 Å². The topological polar surface area (TPSA) is 90.9 Å². The lowest BCUT2D eigenvalue weighted by atomic mass is 10.1. The molecule has 7 nitrogen and oxygen atoms in total. The van der Waals surface area contributed by atoms with Gasteiger partial charge in [0, 0.05) is 12.3 Å². The van der Waals surface area contributed by atoms with Gasteiger partial charge in [0.1, 0.15) is 0 Å². The van der Waals surface area contributed by atoms with E-state index in [0.29, 0.717) is 18.9 Å². The Bertz CT molecular complexity index is 521. The van der Waals surface area contributed by atoms with Crippen molar-refractivity contribution in [1.82, 2.24) is 0 Å². The second-order valence-corrected chi connectivity index (χ2v) is 4.28. The maximum atomic E-state index is 11.8. The average molecular weight is 309 g/mol. The molecule has 0 spiro atoms. The quantitative estimate of drug-likeness (QED) is 0.608. The molecule has 0 aliphatic rings. The van der Waals surface area contributed by atoms with Crippen molar-refractivity contribution in [3.05, 3.63) is 29.3 Å². The van der Waals surface area contributed by atoms with Crippen molar-refractivity contribution in [3.8, 4) is 0 Å². The predicted molar refractivity (Wildman–Crippen MR) is 78.9 cm³/mol. The maximum absolute atomic E-state index is 11.8. The highest BCUT2D eigenvalue weighted by Gasteiger charge is 2.14. The molecule has 120 valence electrons. The van der Waals surface area contributed by atoms with Crippen molar-refractivity contribution in [1.29, 1.82) is 0 Å². The van der Waals surface area contributed by atoms with Crippen LogP contribution >= 0.6 is 0 Å². The van der Waals surface area contributed by atoms with E-state index in [1.807, 2.05) is 6.92 Å². The fourth-order valence-corrected chi connectivity index (χ4v) is 1.70. The summed E-state index contributed by atoms with van der Waals surface area (Å²) in [6.45, 7) is 2.65. The second kappa shape index (κ2) is 8.78. The van der Waals surface area contributed by atoms with E-state index in [-0.39, 0.29) is 23.5 Å². The number of methoxy groups -OCH3 is 2. The van der Waals surface area contributed by atoms with Gasteiger partial charge in [-0.05, 0) is 25.1 Å². The van der Waals surface area contributed by atoms with Crippen molar-refractivity contribution in [3.63, 3.8) is 0 Å². The summed E-state index contributed by atoms with van der Waals surface area (Å²) in [5.74, 6) is -1.52. The molecule has 0 atom stereocenters. The van der Waals surface area contributed by atoms with E-state index in [9.17, 15) is 14.4 Å². The zero-order valence-corrected chi connectivity index (χ0v) is 12.8. The Morgan fingerprint density at radius 1 is 1.00 bits per heavy atom. The molecule has 22 heavy (non-hydrogen) atoms. The summed E-state index contributed by atoms with van der Waals surface area (Å²) in [5.41, 5.74) is 0.598. The van der Waals surface area contributed by atoms with Gasteiger partial charge in [0.05, 0.1) is 38.4 Å². The van der Waals surface area contributed by atoms with Gasteiger partial charge < -0.3 is 19.5 Å². The number of rotatable bonds is 7. The van der Waals surface area contributed by atoms with E-state index in [0.717, 1.165) is 0 Å². The van der Waals surface area contributed by atoms with Gasteiger partial charge in [-0.25, -0.2) is 9.59 Å². The molecule has 0 bridgehead atoms. The number of ether oxygens (including phenoxy) is 3. The molecule has 0 saturated carbocycles. The van der Waals surface area contributed by atoms with Gasteiger partial charge in [-0.3, -0.25) is 4.79 Å². The Kier molecular flexibility index (Phi) is 7.04. The van der Waals surface area contributed by atoms with Crippen molar-refractivity contribution in [2.45, 2.75) is 13.3 Å². The maximum Gasteiger partial charge on any atom is 0.337 e. The number of nitrogens with one attached hydrogen (secondary N) is 1. The second-order valence-electron chi connectivity index (χ2n) is 4.28. The zero-order valence-electron chi connectivity index (χ0n) is 12.8. The first-order chi connectivity index (χ1) is 10.5. The molecular weight excluding hydrogens is 290 g/mol. The minimum atomic E-state index is -0.615. The Morgan fingerprint density at radius 3 is 2.00 bits per heavy atom. The zero-order chi connectivity index (χ0) is 16.5. The Balaban J connectivity index is 2.95. The highest BCUT2D eigenvalue weighted by atomic mass is 16.5. The molecule has 7 heteroatoms. The number of amides is 1. The minimum Gasteiger partial charge on any atom is -0.465 e. The largest absolute Gasteiger partial charge is 0.465 e. The van der Waals surface area contributed by atoms with Crippen molar-refractivity contribution in [2.75, 3.05) is 32.8 Å². The van der Waals surface area contributed by atoms with E-state index >= 15 is 0 Å². The molecule has 1 aromatic carbocycles. The SMILES string of the molecule is CCOCCC(=O)Nc1cc(C(=O)OC)cc(C(=O)OC)c1. The molecule has 0 aromatic heterocycles. The number of carbonyl (C=O) groups excluding carboxylic acids is 3. The lowest BCUT2D eigenvalue weighted by Crippen LogP contribution is -2.15. The molecule has 0 unspecified atom stereocenters. The van der Waals surface area contributed by atoms with Crippen molar-refractivity contribution in [2.24, 2.45) is 0 Å². The smallest absolute Gasteiger partial charge is 0.337 e. The molecule has 0 saturated heterocycles. The van der Waals surface area contributed by atoms with E-state index < -0.39 is 11.9 Å². The lowest BCUT2D eigenvalue weighted by molar-refractivity contribution is -0.117. The van der Waals surface area contributed by atoms with Crippen LogP contribution in [0.15, 0.2) is 18.2 Å². The summed E-state index contributed by atoms with van der Waals surface area (Å²) in [7, 11) is 2.46. The highest BCUT2D eigenvalue weighted by molar-refractivity contribution is 5.99. The van der Waals surface area contributed by atoms with Gasteiger partial charge in [-0.1, -0.05) is 0 Å².